The maximum Gasteiger partial charge on any atom is 0.248 e. The number of carbonyl (C=O) groups is 2. The van der Waals surface area contributed by atoms with Crippen LogP contribution in [-0.2, 0) is 17.8 Å². The molecule has 1 atom stereocenters. The van der Waals surface area contributed by atoms with E-state index in [1.165, 1.54) is 12.1 Å². The molecule has 5 aromatic rings. The summed E-state index contributed by atoms with van der Waals surface area (Å²) < 4.78 is 35.1. The van der Waals surface area contributed by atoms with Gasteiger partial charge in [0.25, 0.3) is 0 Å². The molecule has 0 bridgehead atoms. The fraction of sp³-hybridized carbons (Fsp3) is 0.161. The number of halogens is 2. The van der Waals surface area contributed by atoms with Gasteiger partial charge in [-0.15, -0.1) is 0 Å². The van der Waals surface area contributed by atoms with Crippen LogP contribution < -0.4 is 15.8 Å². The number of rotatable bonds is 9. The molecule has 3 N–H and O–H groups in total. The monoisotopic (exact) mass is 555 g/mol. The average Bonchev–Trinajstić information content (AvgIpc) is 3.26. The number of ether oxygens (including phenoxy) is 1. The van der Waals surface area contributed by atoms with Crippen molar-refractivity contribution >= 4 is 22.7 Å². The number of carbonyl (C=O) groups excluding carboxylic acids is 2. The lowest BCUT2D eigenvalue weighted by molar-refractivity contribution is -0.122. The fourth-order valence-electron chi connectivity index (χ4n) is 4.90. The summed E-state index contributed by atoms with van der Waals surface area (Å²) in [6, 6.07) is 18.2. The van der Waals surface area contributed by atoms with Gasteiger partial charge in [0.05, 0.1) is 30.1 Å². The maximum absolute atomic E-state index is 14.1. The summed E-state index contributed by atoms with van der Waals surface area (Å²) in [4.78, 5) is 29.9. The molecule has 0 fully saturated rings. The molecule has 1 unspecified atom stereocenters. The number of nitrogens with zero attached hydrogens (tertiary/aromatic N) is 3. The van der Waals surface area contributed by atoms with Crippen molar-refractivity contribution in [3.8, 4) is 16.9 Å². The topological polar surface area (TPSA) is 112 Å². The van der Waals surface area contributed by atoms with E-state index in [2.05, 4.69) is 15.4 Å². The van der Waals surface area contributed by atoms with Gasteiger partial charge in [-0.2, -0.15) is 5.10 Å². The molecular formula is C31H27F2N5O3. The van der Waals surface area contributed by atoms with E-state index in [0.29, 0.717) is 33.7 Å². The Morgan fingerprint density at radius 1 is 1.02 bits per heavy atom. The summed E-state index contributed by atoms with van der Waals surface area (Å²) in [5.74, 6) is -1.81. The van der Waals surface area contributed by atoms with Crippen LogP contribution in [-0.4, -0.2) is 33.7 Å². The Kier molecular flexibility index (Phi) is 7.73. The number of pyridine rings is 1. The molecular weight excluding hydrogens is 528 g/mol. The zero-order valence-corrected chi connectivity index (χ0v) is 22.4. The number of benzene rings is 3. The van der Waals surface area contributed by atoms with Crippen molar-refractivity contribution < 1.29 is 23.1 Å². The number of fused-ring (bicyclic) bond motifs is 1. The Balaban J connectivity index is 1.52. The van der Waals surface area contributed by atoms with Crippen molar-refractivity contribution in [2.45, 2.75) is 25.9 Å². The van der Waals surface area contributed by atoms with Crippen molar-refractivity contribution in [1.29, 1.82) is 0 Å². The molecule has 0 saturated carbocycles. The number of methoxy groups -OCH3 is 1. The molecule has 3 aromatic carbocycles. The first-order valence-electron chi connectivity index (χ1n) is 12.8. The standard InChI is InChI=1S/C31H27F2N5O3/c1-18-25-9-8-24(41-2)16-28(25)38(37-18)17-29(39)36-27(13-19-11-22(32)15-23(33)12-19)30-26(7-4-10-35-30)20-5-3-6-21(14-20)31(34)40/h3-12,14-16,27H,13,17H2,1-2H3,(H2,34,40)(H,36,39). The number of nitrogens with one attached hydrogen (secondary N) is 1. The van der Waals surface area contributed by atoms with Crippen LogP contribution in [0.3, 0.4) is 0 Å². The molecule has 0 spiro atoms. The minimum atomic E-state index is -0.783. The summed E-state index contributed by atoms with van der Waals surface area (Å²) in [7, 11) is 1.56. The highest BCUT2D eigenvalue weighted by molar-refractivity contribution is 5.94. The molecule has 10 heteroatoms. The summed E-state index contributed by atoms with van der Waals surface area (Å²) in [5.41, 5.74) is 9.34. The quantitative estimate of drug-likeness (QED) is 0.269. The lowest BCUT2D eigenvalue weighted by Crippen LogP contribution is -2.34. The second kappa shape index (κ2) is 11.5. The van der Waals surface area contributed by atoms with E-state index < -0.39 is 23.6 Å². The largest absolute Gasteiger partial charge is 0.497 e. The lowest BCUT2D eigenvalue weighted by Gasteiger charge is -2.22. The second-order valence-corrected chi connectivity index (χ2v) is 9.61. The van der Waals surface area contributed by atoms with Crippen LogP contribution in [0.5, 0.6) is 5.75 Å². The molecule has 41 heavy (non-hydrogen) atoms. The number of aromatic nitrogens is 3. The molecule has 0 aliphatic heterocycles. The van der Waals surface area contributed by atoms with E-state index in [9.17, 15) is 18.4 Å². The van der Waals surface area contributed by atoms with Gasteiger partial charge in [-0.1, -0.05) is 18.2 Å². The summed E-state index contributed by atoms with van der Waals surface area (Å²) in [6.07, 6.45) is 1.62. The molecule has 5 rings (SSSR count). The number of nitrogens with two attached hydrogens (primary N) is 1. The third kappa shape index (κ3) is 6.06. The summed E-state index contributed by atoms with van der Waals surface area (Å²) >= 11 is 0. The van der Waals surface area contributed by atoms with Gasteiger partial charge >= 0.3 is 0 Å². The third-order valence-electron chi connectivity index (χ3n) is 6.76. The summed E-state index contributed by atoms with van der Waals surface area (Å²) in [5, 5.41) is 8.40. The highest BCUT2D eigenvalue weighted by atomic mass is 19.1. The van der Waals surface area contributed by atoms with Crippen molar-refractivity contribution in [3.63, 3.8) is 0 Å². The number of hydrogen-bond acceptors (Lipinski definition) is 5. The van der Waals surface area contributed by atoms with Gasteiger partial charge in [0.2, 0.25) is 11.8 Å². The molecule has 0 radical (unpaired) electrons. The van der Waals surface area contributed by atoms with Crippen LogP contribution in [0.1, 0.15) is 33.4 Å². The van der Waals surface area contributed by atoms with Crippen molar-refractivity contribution in [3.05, 3.63) is 113 Å². The Bertz CT molecular complexity index is 1750. The maximum atomic E-state index is 14.1. The first-order valence-corrected chi connectivity index (χ1v) is 12.8. The Labute approximate surface area is 234 Å². The Morgan fingerprint density at radius 3 is 2.54 bits per heavy atom. The van der Waals surface area contributed by atoms with Crippen LogP contribution in [0.4, 0.5) is 8.78 Å². The first kappa shape index (κ1) is 27.4. The van der Waals surface area contributed by atoms with Crippen LogP contribution in [0, 0.1) is 18.6 Å². The van der Waals surface area contributed by atoms with E-state index in [4.69, 9.17) is 10.5 Å². The van der Waals surface area contributed by atoms with Gasteiger partial charge in [-0.05, 0) is 66.9 Å². The zero-order valence-electron chi connectivity index (χ0n) is 22.4. The smallest absolute Gasteiger partial charge is 0.248 e. The van der Waals surface area contributed by atoms with Crippen LogP contribution >= 0.6 is 0 Å². The molecule has 0 aliphatic carbocycles. The van der Waals surface area contributed by atoms with Gasteiger partial charge in [0.15, 0.2) is 0 Å². The van der Waals surface area contributed by atoms with Gasteiger partial charge in [-0.25, -0.2) is 8.78 Å². The van der Waals surface area contributed by atoms with Gasteiger partial charge in [0.1, 0.15) is 23.9 Å². The highest BCUT2D eigenvalue weighted by Crippen LogP contribution is 2.30. The van der Waals surface area contributed by atoms with Gasteiger partial charge in [0, 0.05) is 34.8 Å². The van der Waals surface area contributed by atoms with Crippen molar-refractivity contribution in [2.75, 3.05) is 7.11 Å². The normalized spacial score (nSPS) is 11.8. The molecule has 2 amide bonds. The SMILES string of the molecule is COc1ccc2c(C)nn(CC(=O)NC(Cc3cc(F)cc(F)c3)c3ncccc3-c3cccc(C(N)=O)c3)c2c1. The molecule has 2 aromatic heterocycles. The highest BCUT2D eigenvalue weighted by Gasteiger charge is 2.23. The van der Waals surface area contributed by atoms with Crippen LogP contribution in [0.2, 0.25) is 0 Å². The lowest BCUT2D eigenvalue weighted by atomic mass is 9.94. The first-order chi connectivity index (χ1) is 19.7. The second-order valence-electron chi connectivity index (χ2n) is 9.61. The van der Waals surface area contributed by atoms with E-state index in [1.54, 1.807) is 60.5 Å². The minimum Gasteiger partial charge on any atom is -0.497 e. The molecule has 8 nitrogen and oxygen atoms in total. The Morgan fingerprint density at radius 2 is 1.80 bits per heavy atom. The van der Waals surface area contributed by atoms with Gasteiger partial charge < -0.3 is 15.8 Å². The zero-order chi connectivity index (χ0) is 29.1. The number of aryl methyl sites for hydroxylation is 1. The predicted molar refractivity (Wildman–Crippen MR) is 150 cm³/mol. The Hall–Kier alpha value is -5.12. The third-order valence-corrected chi connectivity index (χ3v) is 6.76. The van der Waals surface area contributed by atoms with Crippen LogP contribution in [0.25, 0.3) is 22.0 Å². The molecule has 208 valence electrons. The predicted octanol–water partition coefficient (Wildman–Crippen LogP) is 4.89. The van der Waals surface area contributed by atoms with E-state index in [-0.39, 0.29) is 18.9 Å². The van der Waals surface area contributed by atoms with E-state index in [0.717, 1.165) is 22.7 Å². The van der Waals surface area contributed by atoms with E-state index in [1.807, 2.05) is 19.1 Å². The molecule has 0 saturated heterocycles. The number of primary amides is 1. The molecule has 2 heterocycles. The van der Waals surface area contributed by atoms with Gasteiger partial charge in [-0.3, -0.25) is 19.3 Å². The number of hydrogen-bond donors (Lipinski definition) is 2. The summed E-state index contributed by atoms with van der Waals surface area (Å²) in [6.45, 7) is 1.73. The van der Waals surface area contributed by atoms with E-state index >= 15 is 0 Å². The van der Waals surface area contributed by atoms with Crippen molar-refractivity contribution in [2.24, 2.45) is 5.73 Å². The van der Waals surface area contributed by atoms with Crippen LogP contribution in [0.15, 0.2) is 79.0 Å². The fourth-order valence-corrected chi connectivity index (χ4v) is 4.90. The molecule has 0 aliphatic rings. The minimum absolute atomic E-state index is 0.0483. The average molecular weight is 556 g/mol. The van der Waals surface area contributed by atoms with Crippen molar-refractivity contribution in [1.82, 2.24) is 20.1 Å². The number of amides is 2.